The second-order valence-electron chi connectivity index (χ2n) is 7.57. The van der Waals surface area contributed by atoms with Crippen LogP contribution in [0, 0.1) is 11.6 Å². The molecule has 2 N–H and O–H groups in total. The van der Waals surface area contributed by atoms with Gasteiger partial charge in [0.25, 0.3) is 5.88 Å². The van der Waals surface area contributed by atoms with Crippen LogP contribution in [-0.4, -0.2) is 58.7 Å². The molecule has 0 bridgehead atoms. The molecule has 0 spiro atoms. The molecule has 1 aliphatic heterocycles. The number of nitrogens with zero attached hydrogens (tertiary/aromatic N) is 3. The lowest BCUT2D eigenvalue weighted by molar-refractivity contribution is -0.154. The Bertz CT molecular complexity index is 1140. The molecule has 0 unspecified atom stereocenters. The molecular weight excluding hydrogens is 510 g/mol. The van der Waals surface area contributed by atoms with E-state index in [2.05, 4.69) is 25.3 Å². The first-order valence-electron chi connectivity index (χ1n) is 10.1. The quantitative estimate of drug-likeness (QED) is 0.582. The molecule has 16 heteroatoms. The molecule has 2 aromatic rings. The molecule has 0 saturated carbocycles. The largest absolute Gasteiger partial charge is 0.466 e. The monoisotopic (exact) mass is 527 g/mol. The van der Waals surface area contributed by atoms with E-state index in [1.54, 1.807) is 0 Å². The molecule has 0 aliphatic carbocycles. The number of rotatable bonds is 5. The van der Waals surface area contributed by atoms with Gasteiger partial charge in [-0.25, -0.2) is 23.5 Å². The van der Waals surface area contributed by atoms with Crippen molar-refractivity contribution in [3.05, 3.63) is 53.0 Å². The molecule has 2 aromatic heterocycles. The van der Waals surface area contributed by atoms with E-state index in [9.17, 15) is 44.7 Å². The van der Waals surface area contributed by atoms with Gasteiger partial charge in [0, 0.05) is 24.8 Å². The lowest BCUT2D eigenvalue weighted by Gasteiger charge is -2.34. The lowest BCUT2D eigenvalue weighted by Crippen LogP contribution is -2.58. The van der Waals surface area contributed by atoms with Gasteiger partial charge in [-0.05, 0) is 25.1 Å². The number of hydrogen-bond donors (Lipinski definition) is 2. The van der Waals surface area contributed by atoms with Crippen molar-refractivity contribution in [2.24, 2.45) is 0 Å². The number of pyridine rings is 2. The maximum Gasteiger partial charge on any atom is 0.436 e. The van der Waals surface area contributed by atoms with Crippen LogP contribution in [0.15, 0.2) is 24.4 Å². The van der Waals surface area contributed by atoms with Gasteiger partial charge in [-0.3, -0.25) is 4.79 Å². The van der Waals surface area contributed by atoms with Crippen LogP contribution < -0.4 is 15.4 Å². The van der Waals surface area contributed by atoms with Crippen LogP contribution in [0.2, 0.25) is 0 Å². The fourth-order valence-electron chi connectivity index (χ4n) is 3.27. The highest BCUT2D eigenvalue weighted by Crippen LogP contribution is 2.32. The second-order valence-corrected chi connectivity index (χ2v) is 7.57. The first-order valence-corrected chi connectivity index (χ1v) is 10.1. The van der Waals surface area contributed by atoms with E-state index in [1.807, 2.05) is 0 Å². The van der Waals surface area contributed by atoms with Crippen molar-refractivity contribution in [1.82, 2.24) is 25.5 Å². The Balaban J connectivity index is 2.00. The molecule has 0 aromatic carbocycles. The minimum Gasteiger partial charge on any atom is -0.466 e. The average Bonchev–Trinajstić information content (AvgIpc) is 2.77. The number of halogens is 8. The Morgan fingerprint density at radius 3 is 2.53 bits per heavy atom. The van der Waals surface area contributed by atoms with Crippen molar-refractivity contribution in [2.45, 2.75) is 31.4 Å². The van der Waals surface area contributed by atoms with E-state index in [1.165, 1.54) is 6.92 Å². The summed E-state index contributed by atoms with van der Waals surface area (Å²) in [5, 5.41) is 4.81. The van der Waals surface area contributed by atoms with Crippen molar-refractivity contribution >= 4 is 11.9 Å². The van der Waals surface area contributed by atoms with Crippen LogP contribution in [0.5, 0.6) is 5.88 Å². The number of aromatic nitrogens is 2. The molecular formula is C20H17F8N5O3. The molecule has 1 fully saturated rings. The Morgan fingerprint density at radius 1 is 1.22 bits per heavy atom. The van der Waals surface area contributed by atoms with Crippen molar-refractivity contribution in [1.29, 1.82) is 0 Å². The van der Waals surface area contributed by atoms with Crippen molar-refractivity contribution < 1.29 is 49.4 Å². The van der Waals surface area contributed by atoms with E-state index in [4.69, 9.17) is 0 Å². The third-order valence-electron chi connectivity index (χ3n) is 4.99. The van der Waals surface area contributed by atoms with Gasteiger partial charge < -0.3 is 20.3 Å². The molecule has 2 atom stereocenters. The van der Waals surface area contributed by atoms with Crippen LogP contribution in [0.1, 0.15) is 29.9 Å². The maximum absolute atomic E-state index is 14.4. The first-order chi connectivity index (χ1) is 16.7. The summed E-state index contributed by atoms with van der Waals surface area (Å²) in [6.45, 7) is -0.378. The molecule has 36 heavy (non-hydrogen) atoms. The van der Waals surface area contributed by atoms with Crippen LogP contribution in [-0.2, 0) is 11.0 Å². The molecule has 1 saturated heterocycles. The van der Waals surface area contributed by atoms with Crippen LogP contribution >= 0.6 is 0 Å². The van der Waals surface area contributed by atoms with Crippen molar-refractivity contribution in [2.75, 3.05) is 19.7 Å². The number of carbonyl (C=O) groups is 2. The van der Waals surface area contributed by atoms with Crippen molar-refractivity contribution in [3.63, 3.8) is 0 Å². The minimum absolute atomic E-state index is 0.0208. The van der Waals surface area contributed by atoms with E-state index in [-0.39, 0.29) is 18.7 Å². The number of nitrogens with one attached hydrogen (secondary N) is 2. The molecule has 3 rings (SSSR count). The van der Waals surface area contributed by atoms with Crippen LogP contribution in [0.4, 0.5) is 39.9 Å². The number of amides is 3. The van der Waals surface area contributed by atoms with E-state index >= 15 is 0 Å². The van der Waals surface area contributed by atoms with Gasteiger partial charge in [0.15, 0.2) is 23.9 Å². The highest BCUT2D eigenvalue weighted by atomic mass is 19.4. The summed E-state index contributed by atoms with van der Waals surface area (Å²) in [4.78, 5) is 32.4. The molecule has 1 aliphatic rings. The zero-order valence-electron chi connectivity index (χ0n) is 18.2. The summed E-state index contributed by atoms with van der Waals surface area (Å²) in [6.07, 6.45) is -9.26. The third-order valence-corrected chi connectivity index (χ3v) is 4.99. The van der Waals surface area contributed by atoms with Gasteiger partial charge in [0.05, 0.1) is 11.7 Å². The standard InChI is InChI=1S/C20H17F8N5O3/c1-9-16(34)29-4-5-33(9)18(35)32-14(13-3-2-11(21)15(31-13)20(26,27)28)10-6-12(22)17(30-7-10)36-8-19(23,24)25/h2-3,6-7,9,14H,4-5,8H2,1H3,(H,29,34)(H,32,35)/t9-,14+/m1/s1. The van der Waals surface area contributed by atoms with E-state index in [0.29, 0.717) is 12.1 Å². The normalized spacial score (nSPS) is 17.4. The highest BCUT2D eigenvalue weighted by Gasteiger charge is 2.38. The SMILES string of the molecule is C[C@@H]1C(=O)NCCN1C(=O)N[C@@H](c1cnc(OCC(F)(F)F)c(F)c1)c1ccc(F)c(C(F)(F)F)n1. The Morgan fingerprint density at radius 2 is 1.92 bits per heavy atom. The number of urea groups is 1. The van der Waals surface area contributed by atoms with Gasteiger partial charge in [0.1, 0.15) is 6.04 Å². The fraction of sp³-hybridized carbons (Fsp3) is 0.400. The summed E-state index contributed by atoms with van der Waals surface area (Å²) in [6, 6.07) is -1.79. The smallest absolute Gasteiger partial charge is 0.436 e. The highest BCUT2D eigenvalue weighted by molar-refractivity contribution is 5.88. The minimum atomic E-state index is -5.22. The summed E-state index contributed by atoms with van der Waals surface area (Å²) < 4.78 is 109. The number of carbonyl (C=O) groups excluding carboxylic acids is 2. The van der Waals surface area contributed by atoms with Crippen molar-refractivity contribution in [3.8, 4) is 5.88 Å². The lowest BCUT2D eigenvalue weighted by atomic mass is 10.0. The number of hydrogen-bond acceptors (Lipinski definition) is 5. The fourth-order valence-corrected chi connectivity index (χ4v) is 3.27. The molecule has 3 amide bonds. The number of piperazine rings is 1. The first kappa shape index (κ1) is 26.9. The van der Waals surface area contributed by atoms with Crippen LogP contribution in [0.25, 0.3) is 0 Å². The van der Waals surface area contributed by atoms with Gasteiger partial charge in [-0.1, -0.05) is 0 Å². The summed E-state index contributed by atoms with van der Waals surface area (Å²) >= 11 is 0. The predicted octanol–water partition coefficient (Wildman–Crippen LogP) is 3.33. The van der Waals surface area contributed by atoms with Gasteiger partial charge >= 0.3 is 18.4 Å². The Hall–Kier alpha value is -3.72. The Kier molecular flexibility index (Phi) is 7.54. The van der Waals surface area contributed by atoms with E-state index < -0.39 is 71.9 Å². The zero-order valence-corrected chi connectivity index (χ0v) is 18.2. The molecule has 8 nitrogen and oxygen atoms in total. The third kappa shape index (κ3) is 6.28. The van der Waals surface area contributed by atoms with Crippen LogP contribution in [0.3, 0.4) is 0 Å². The Labute approximate surface area is 197 Å². The molecule has 3 heterocycles. The maximum atomic E-state index is 14.4. The summed E-state index contributed by atoms with van der Waals surface area (Å²) in [5.74, 6) is -4.69. The van der Waals surface area contributed by atoms with Gasteiger partial charge in [0.2, 0.25) is 5.91 Å². The van der Waals surface area contributed by atoms with Gasteiger partial charge in [-0.15, -0.1) is 0 Å². The van der Waals surface area contributed by atoms with Gasteiger partial charge in [-0.2, -0.15) is 26.3 Å². The number of ether oxygens (including phenoxy) is 1. The number of alkyl halides is 6. The predicted molar refractivity (Wildman–Crippen MR) is 104 cm³/mol. The molecule has 196 valence electrons. The second kappa shape index (κ2) is 10.1. The average molecular weight is 527 g/mol. The zero-order chi connectivity index (χ0) is 26.8. The topological polar surface area (TPSA) is 96.5 Å². The molecule has 0 radical (unpaired) electrons. The van der Waals surface area contributed by atoms with E-state index in [0.717, 1.165) is 17.2 Å². The summed E-state index contributed by atoms with van der Waals surface area (Å²) in [7, 11) is 0. The summed E-state index contributed by atoms with van der Waals surface area (Å²) in [5.41, 5.74) is -2.85.